The van der Waals surface area contributed by atoms with E-state index in [2.05, 4.69) is 32.2 Å². The average molecular weight is 304 g/mol. The number of ether oxygens (including phenoxy) is 1. The van der Waals surface area contributed by atoms with E-state index in [9.17, 15) is 0 Å². The van der Waals surface area contributed by atoms with Crippen LogP contribution in [0.25, 0.3) is 0 Å². The fourth-order valence-corrected chi connectivity index (χ4v) is 2.33. The van der Waals surface area contributed by atoms with Crippen LogP contribution in [0.15, 0.2) is 36.4 Å². The zero-order valence-electron chi connectivity index (χ0n) is 13.0. The first-order valence-corrected chi connectivity index (χ1v) is 7.60. The predicted octanol–water partition coefficient (Wildman–Crippen LogP) is 5.25. The summed E-state index contributed by atoms with van der Waals surface area (Å²) in [6, 6.07) is 12.5. The molecule has 1 N–H and O–H groups in total. The molecule has 0 radical (unpaired) electrons. The molecule has 0 saturated heterocycles. The second-order valence-corrected chi connectivity index (χ2v) is 6.08. The molecule has 0 heterocycles. The van der Waals surface area contributed by atoms with Crippen molar-refractivity contribution < 1.29 is 4.74 Å². The number of aryl methyl sites for hydroxylation is 2. The summed E-state index contributed by atoms with van der Waals surface area (Å²) in [6.07, 6.45) is 0. The molecule has 0 fully saturated rings. The molecule has 0 saturated carbocycles. The Balaban J connectivity index is 2.13. The molecule has 0 aliphatic heterocycles. The smallest absolute Gasteiger partial charge is 0.146 e. The lowest BCUT2D eigenvalue weighted by molar-refractivity contribution is 0.478. The normalized spacial score (nSPS) is 11.0. The van der Waals surface area contributed by atoms with Gasteiger partial charge < -0.3 is 10.1 Å². The van der Waals surface area contributed by atoms with Crippen LogP contribution in [-0.2, 0) is 6.54 Å². The molecule has 2 aromatic rings. The Kier molecular flexibility index (Phi) is 5.27. The molecule has 0 bridgehead atoms. The molecule has 21 heavy (non-hydrogen) atoms. The minimum Gasteiger partial charge on any atom is -0.456 e. The van der Waals surface area contributed by atoms with Crippen LogP contribution < -0.4 is 10.1 Å². The van der Waals surface area contributed by atoms with Gasteiger partial charge in [-0.15, -0.1) is 0 Å². The summed E-state index contributed by atoms with van der Waals surface area (Å²) in [5.74, 6) is 1.53. The van der Waals surface area contributed by atoms with Crippen LogP contribution in [0.3, 0.4) is 0 Å². The van der Waals surface area contributed by atoms with E-state index >= 15 is 0 Å². The first kappa shape index (κ1) is 15.9. The Bertz CT molecular complexity index is 623. The Labute approximate surface area is 132 Å². The van der Waals surface area contributed by atoms with Gasteiger partial charge in [0.05, 0.1) is 5.02 Å². The van der Waals surface area contributed by atoms with Crippen LogP contribution in [0.4, 0.5) is 0 Å². The first-order chi connectivity index (χ1) is 9.95. The van der Waals surface area contributed by atoms with Crippen LogP contribution in [0.5, 0.6) is 11.5 Å². The second-order valence-electron chi connectivity index (χ2n) is 5.67. The highest BCUT2D eigenvalue weighted by molar-refractivity contribution is 6.32. The lowest BCUT2D eigenvalue weighted by Gasteiger charge is -2.13. The van der Waals surface area contributed by atoms with E-state index in [0.717, 1.165) is 23.4 Å². The Morgan fingerprint density at radius 1 is 1.05 bits per heavy atom. The summed E-state index contributed by atoms with van der Waals surface area (Å²) in [5, 5.41) is 4.01. The molecule has 0 aromatic heterocycles. The highest BCUT2D eigenvalue weighted by Crippen LogP contribution is 2.32. The minimum absolute atomic E-state index is 0.454. The number of benzene rings is 2. The summed E-state index contributed by atoms with van der Waals surface area (Å²) < 4.78 is 5.92. The molecular formula is C18H22ClNO. The standard InChI is InChI=1S/C18H22ClNO/c1-12(2)20-11-15-6-8-18(16(19)10-15)21-17-7-5-13(3)9-14(17)4/h5-10,12,20H,11H2,1-4H3. The third-order valence-corrected chi connectivity index (χ3v) is 3.56. The number of hydrogen-bond acceptors (Lipinski definition) is 2. The third-order valence-electron chi connectivity index (χ3n) is 3.26. The van der Waals surface area contributed by atoms with Gasteiger partial charge in [0.25, 0.3) is 0 Å². The largest absolute Gasteiger partial charge is 0.456 e. The number of hydrogen-bond donors (Lipinski definition) is 1. The van der Waals surface area contributed by atoms with Crippen LogP contribution in [0.2, 0.25) is 5.02 Å². The lowest BCUT2D eigenvalue weighted by Crippen LogP contribution is -2.21. The van der Waals surface area contributed by atoms with E-state index in [-0.39, 0.29) is 0 Å². The first-order valence-electron chi connectivity index (χ1n) is 7.22. The van der Waals surface area contributed by atoms with Crippen molar-refractivity contribution in [2.24, 2.45) is 0 Å². The molecule has 0 atom stereocenters. The number of halogens is 1. The quantitative estimate of drug-likeness (QED) is 0.815. The Morgan fingerprint density at radius 2 is 1.76 bits per heavy atom. The monoisotopic (exact) mass is 303 g/mol. The van der Waals surface area contributed by atoms with Crippen molar-refractivity contribution in [3.63, 3.8) is 0 Å². The third kappa shape index (κ3) is 4.48. The van der Waals surface area contributed by atoms with Crippen molar-refractivity contribution in [3.8, 4) is 11.5 Å². The van der Waals surface area contributed by atoms with Crippen molar-refractivity contribution in [3.05, 3.63) is 58.1 Å². The van der Waals surface area contributed by atoms with Crippen LogP contribution in [-0.4, -0.2) is 6.04 Å². The second kappa shape index (κ2) is 6.97. The molecule has 3 heteroatoms. The van der Waals surface area contributed by atoms with E-state index < -0.39 is 0 Å². The van der Waals surface area contributed by atoms with Crippen molar-refractivity contribution in [2.45, 2.75) is 40.3 Å². The predicted molar refractivity (Wildman–Crippen MR) is 89.4 cm³/mol. The zero-order valence-corrected chi connectivity index (χ0v) is 13.8. The van der Waals surface area contributed by atoms with Gasteiger partial charge in [-0.2, -0.15) is 0 Å². The molecule has 2 nitrogen and oxygen atoms in total. The molecule has 2 rings (SSSR count). The van der Waals surface area contributed by atoms with Gasteiger partial charge in [0.15, 0.2) is 0 Å². The fraction of sp³-hybridized carbons (Fsp3) is 0.333. The molecule has 112 valence electrons. The zero-order chi connectivity index (χ0) is 15.4. The molecule has 0 amide bonds. The Morgan fingerprint density at radius 3 is 2.38 bits per heavy atom. The maximum atomic E-state index is 6.33. The highest BCUT2D eigenvalue weighted by atomic mass is 35.5. The fourth-order valence-electron chi connectivity index (χ4n) is 2.09. The van der Waals surface area contributed by atoms with E-state index in [4.69, 9.17) is 16.3 Å². The molecule has 0 spiro atoms. The summed E-state index contributed by atoms with van der Waals surface area (Å²) >= 11 is 6.33. The SMILES string of the molecule is Cc1ccc(Oc2ccc(CNC(C)C)cc2Cl)c(C)c1. The van der Waals surface area contributed by atoms with Crippen LogP contribution in [0.1, 0.15) is 30.5 Å². The molecule has 0 unspecified atom stereocenters. The van der Waals surface area contributed by atoms with Gasteiger partial charge >= 0.3 is 0 Å². The van der Waals surface area contributed by atoms with Crippen molar-refractivity contribution >= 4 is 11.6 Å². The van der Waals surface area contributed by atoms with Crippen LogP contribution in [0, 0.1) is 13.8 Å². The molecule has 0 aliphatic rings. The van der Waals surface area contributed by atoms with Gasteiger partial charge in [-0.3, -0.25) is 0 Å². The topological polar surface area (TPSA) is 21.3 Å². The van der Waals surface area contributed by atoms with E-state index in [1.165, 1.54) is 5.56 Å². The van der Waals surface area contributed by atoms with Gasteiger partial charge in [0.2, 0.25) is 0 Å². The summed E-state index contributed by atoms with van der Waals surface area (Å²) in [4.78, 5) is 0. The van der Waals surface area contributed by atoms with Crippen molar-refractivity contribution in [2.75, 3.05) is 0 Å². The van der Waals surface area contributed by atoms with Crippen molar-refractivity contribution in [1.82, 2.24) is 5.32 Å². The van der Waals surface area contributed by atoms with E-state index in [1.807, 2.05) is 37.3 Å². The van der Waals surface area contributed by atoms with Gasteiger partial charge in [0.1, 0.15) is 11.5 Å². The maximum Gasteiger partial charge on any atom is 0.146 e. The Hall–Kier alpha value is -1.51. The number of nitrogens with one attached hydrogen (secondary N) is 1. The van der Waals surface area contributed by atoms with Crippen molar-refractivity contribution in [1.29, 1.82) is 0 Å². The number of rotatable bonds is 5. The maximum absolute atomic E-state index is 6.33. The van der Waals surface area contributed by atoms with Gasteiger partial charge in [-0.1, -0.05) is 49.2 Å². The molecule has 2 aromatic carbocycles. The lowest BCUT2D eigenvalue weighted by atomic mass is 10.1. The minimum atomic E-state index is 0.454. The average Bonchev–Trinajstić information content (AvgIpc) is 2.42. The van der Waals surface area contributed by atoms with Gasteiger partial charge in [-0.05, 0) is 43.2 Å². The van der Waals surface area contributed by atoms with E-state index in [1.54, 1.807) is 0 Å². The summed E-state index contributed by atoms with van der Waals surface area (Å²) in [5.41, 5.74) is 3.49. The summed E-state index contributed by atoms with van der Waals surface area (Å²) in [7, 11) is 0. The van der Waals surface area contributed by atoms with Gasteiger partial charge in [0, 0.05) is 12.6 Å². The molecular weight excluding hydrogens is 282 g/mol. The van der Waals surface area contributed by atoms with E-state index in [0.29, 0.717) is 16.8 Å². The van der Waals surface area contributed by atoms with Gasteiger partial charge in [-0.25, -0.2) is 0 Å². The highest BCUT2D eigenvalue weighted by Gasteiger charge is 2.07. The summed E-state index contributed by atoms with van der Waals surface area (Å²) in [6.45, 7) is 9.16. The van der Waals surface area contributed by atoms with Crippen LogP contribution >= 0.6 is 11.6 Å². The molecule has 0 aliphatic carbocycles.